The lowest BCUT2D eigenvalue weighted by atomic mass is 9.94. The van der Waals surface area contributed by atoms with Gasteiger partial charge in [0.1, 0.15) is 6.04 Å². The molecule has 1 unspecified atom stereocenters. The lowest BCUT2D eigenvalue weighted by Gasteiger charge is -2.22. The molecular formula is C11H11ClN2O2. The molecule has 4 nitrogen and oxygen atoms in total. The van der Waals surface area contributed by atoms with E-state index in [0.717, 1.165) is 11.1 Å². The van der Waals surface area contributed by atoms with Crippen molar-refractivity contribution in [1.29, 1.82) is 5.26 Å². The van der Waals surface area contributed by atoms with Crippen LogP contribution in [0.5, 0.6) is 0 Å². The quantitative estimate of drug-likeness (QED) is 0.768. The molecule has 1 aromatic rings. The summed E-state index contributed by atoms with van der Waals surface area (Å²) in [5.74, 6) is -0.829. The molecule has 0 radical (unpaired) electrons. The van der Waals surface area contributed by atoms with E-state index in [-0.39, 0.29) is 12.4 Å². The highest BCUT2D eigenvalue weighted by Crippen LogP contribution is 2.18. The summed E-state index contributed by atoms with van der Waals surface area (Å²) in [4.78, 5) is 10.8. The largest absolute Gasteiger partial charge is 0.480 e. The first-order valence-electron chi connectivity index (χ1n) is 4.69. The van der Waals surface area contributed by atoms with Crippen molar-refractivity contribution >= 4 is 18.4 Å². The summed E-state index contributed by atoms with van der Waals surface area (Å²) in [6.07, 6.45) is 0.483. The van der Waals surface area contributed by atoms with Crippen LogP contribution in [0.4, 0.5) is 0 Å². The highest BCUT2D eigenvalue weighted by Gasteiger charge is 2.23. The Kier molecular flexibility index (Phi) is 3.88. The molecule has 0 amide bonds. The van der Waals surface area contributed by atoms with E-state index in [0.29, 0.717) is 18.5 Å². The zero-order valence-electron chi connectivity index (χ0n) is 8.43. The van der Waals surface area contributed by atoms with Gasteiger partial charge in [0.25, 0.3) is 0 Å². The Bertz CT molecular complexity index is 454. The van der Waals surface area contributed by atoms with Gasteiger partial charge in [-0.3, -0.25) is 4.79 Å². The van der Waals surface area contributed by atoms with Crippen LogP contribution in [-0.4, -0.2) is 17.1 Å². The maximum absolute atomic E-state index is 10.8. The normalized spacial score (nSPS) is 17.8. The molecule has 1 heterocycles. The van der Waals surface area contributed by atoms with Gasteiger partial charge in [-0.25, -0.2) is 0 Å². The zero-order chi connectivity index (χ0) is 10.8. The number of benzene rings is 1. The molecule has 84 valence electrons. The average Bonchev–Trinajstić information content (AvgIpc) is 2.27. The standard InChI is InChI=1S/C11H10N2O2.ClH/c12-5-7-1-2-8-4-10(11(14)15)13-6-9(8)3-7;/h1-3,10,13H,4,6H2,(H,14,15);1H. The summed E-state index contributed by atoms with van der Waals surface area (Å²) >= 11 is 0. The van der Waals surface area contributed by atoms with Crippen molar-refractivity contribution in [2.24, 2.45) is 0 Å². The second-order valence-electron chi connectivity index (χ2n) is 3.57. The third-order valence-corrected chi connectivity index (χ3v) is 2.60. The fourth-order valence-corrected chi connectivity index (χ4v) is 1.76. The van der Waals surface area contributed by atoms with Crippen molar-refractivity contribution in [3.05, 3.63) is 34.9 Å². The van der Waals surface area contributed by atoms with E-state index >= 15 is 0 Å². The number of carbonyl (C=O) groups is 1. The predicted octanol–water partition coefficient (Wildman–Crippen LogP) is 1.08. The third-order valence-electron chi connectivity index (χ3n) is 2.60. The number of fused-ring (bicyclic) bond motifs is 1. The molecular weight excluding hydrogens is 228 g/mol. The van der Waals surface area contributed by atoms with Crippen LogP contribution < -0.4 is 5.32 Å². The summed E-state index contributed by atoms with van der Waals surface area (Å²) in [7, 11) is 0. The van der Waals surface area contributed by atoms with Crippen LogP contribution in [0.3, 0.4) is 0 Å². The topological polar surface area (TPSA) is 73.1 Å². The van der Waals surface area contributed by atoms with Crippen LogP contribution >= 0.6 is 12.4 Å². The number of carboxylic acids is 1. The van der Waals surface area contributed by atoms with Gasteiger partial charge >= 0.3 is 5.97 Å². The molecule has 0 bridgehead atoms. The molecule has 0 saturated carbocycles. The molecule has 0 saturated heterocycles. The summed E-state index contributed by atoms with van der Waals surface area (Å²) in [5.41, 5.74) is 2.65. The van der Waals surface area contributed by atoms with Crippen molar-refractivity contribution in [3.63, 3.8) is 0 Å². The van der Waals surface area contributed by atoms with E-state index in [4.69, 9.17) is 10.4 Å². The van der Waals surface area contributed by atoms with Crippen LogP contribution in [-0.2, 0) is 17.8 Å². The van der Waals surface area contributed by atoms with Gasteiger partial charge in [0.2, 0.25) is 0 Å². The van der Waals surface area contributed by atoms with Gasteiger partial charge in [-0.15, -0.1) is 12.4 Å². The highest BCUT2D eigenvalue weighted by molar-refractivity contribution is 5.85. The van der Waals surface area contributed by atoms with Gasteiger partial charge in [-0.1, -0.05) is 6.07 Å². The fourth-order valence-electron chi connectivity index (χ4n) is 1.76. The number of hydrogen-bond donors (Lipinski definition) is 2. The van der Waals surface area contributed by atoms with Crippen LogP contribution in [0.1, 0.15) is 16.7 Å². The van der Waals surface area contributed by atoms with E-state index in [1.165, 1.54) is 0 Å². The van der Waals surface area contributed by atoms with Gasteiger partial charge in [-0.2, -0.15) is 5.26 Å². The van der Waals surface area contributed by atoms with Gasteiger partial charge in [0.15, 0.2) is 0 Å². The third kappa shape index (κ3) is 2.32. The van der Waals surface area contributed by atoms with E-state index in [1.54, 1.807) is 12.1 Å². The molecule has 0 spiro atoms. The van der Waals surface area contributed by atoms with Crippen molar-refractivity contribution in [3.8, 4) is 6.07 Å². The Morgan fingerprint density at radius 3 is 2.88 bits per heavy atom. The Balaban J connectivity index is 0.00000128. The summed E-state index contributed by atoms with van der Waals surface area (Å²) < 4.78 is 0. The SMILES string of the molecule is Cl.N#Cc1ccc2c(c1)CNC(C(=O)O)C2. The summed E-state index contributed by atoms with van der Waals surface area (Å²) in [6.45, 7) is 0.516. The minimum absolute atomic E-state index is 0. The van der Waals surface area contributed by atoms with Crippen molar-refractivity contribution in [2.75, 3.05) is 0 Å². The van der Waals surface area contributed by atoms with Crippen LogP contribution in [0, 0.1) is 11.3 Å². The first-order valence-corrected chi connectivity index (χ1v) is 4.69. The number of nitriles is 1. The summed E-state index contributed by atoms with van der Waals surface area (Å²) in [6, 6.07) is 6.93. The minimum Gasteiger partial charge on any atom is -0.480 e. The molecule has 1 aliphatic heterocycles. The summed E-state index contributed by atoms with van der Waals surface area (Å²) in [5, 5.41) is 20.5. The van der Waals surface area contributed by atoms with Crippen molar-refractivity contribution in [2.45, 2.75) is 19.0 Å². The van der Waals surface area contributed by atoms with E-state index in [1.807, 2.05) is 6.07 Å². The van der Waals surface area contributed by atoms with Crippen molar-refractivity contribution < 1.29 is 9.90 Å². The highest BCUT2D eigenvalue weighted by atomic mass is 35.5. The first-order chi connectivity index (χ1) is 7.20. The average molecular weight is 239 g/mol. The Hall–Kier alpha value is -1.57. The molecule has 0 fully saturated rings. The molecule has 1 aromatic carbocycles. The lowest BCUT2D eigenvalue weighted by molar-refractivity contribution is -0.139. The molecule has 2 N–H and O–H groups in total. The Labute approximate surface area is 99.3 Å². The number of nitrogens with one attached hydrogen (secondary N) is 1. The molecule has 2 rings (SSSR count). The van der Waals surface area contributed by atoms with Crippen LogP contribution in [0.15, 0.2) is 18.2 Å². The zero-order valence-corrected chi connectivity index (χ0v) is 9.25. The monoisotopic (exact) mass is 238 g/mol. The van der Waals surface area contributed by atoms with Gasteiger partial charge in [0.05, 0.1) is 11.6 Å². The maximum atomic E-state index is 10.8. The molecule has 0 aromatic heterocycles. The number of carboxylic acid groups (broad SMARTS) is 1. The van der Waals surface area contributed by atoms with Gasteiger partial charge < -0.3 is 10.4 Å². The number of halogens is 1. The van der Waals surface area contributed by atoms with Crippen molar-refractivity contribution in [1.82, 2.24) is 5.32 Å². The number of rotatable bonds is 1. The minimum atomic E-state index is -0.829. The molecule has 0 aliphatic carbocycles. The smallest absolute Gasteiger partial charge is 0.321 e. The van der Waals surface area contributed by atoms with E-state index in [2.05, 4.69) is 11.4 Å². The fraction of sp³-hybridized carbons (Fsp3) is 0.273. The molecule has 1 atom stereocenters. The van der Waals surface area contributed by atoms with Crippen LogP contribution in [0.2, 0.25) is 0 Å². The van der Waals surface area contributed by atoms with Crippen LogP contribution in [0.25, 0.3) is 0 Å². The number of hydrogen-bond acceptors (Lipinski definition) is 3. The van der Waals surface area contributed by atoms with E-state index < -0.39 is 12.0 Å². The molecule has 1 aliphatic rings. The lowest BCUT2D eigenvalue weighted by Crippen LogP contribution is -2.41. The Morgan fingerprint density at radius 2 is 2.25 bits per heavy atom. The first kappa shape index (κ1) is 12.5. The number of nitrogens with zero attached hydrogens (tertiary/aromatic N) is 1. The predicted molar refractivity (Wildman–Crippen MR) is 60.4 cm³/mol. The number of aliphatic carboxylic acids is 1. The second kappa shape index (κ2) is 4.97. The van der Waals surface area contributed by atoms with Gasteiger partial charge in [-0.05, 0) is 29.7 Å². The molecule has 5 heteroatoms. The second-order valence-corrected chi connectivity index (χ2v) is 3.57. The van der Waals surface area contributed by atoms with E-state index in [9.17, 15) is 4.79 Å². The van der Waals surface area contributed by atoms with Gasteiger partial charge in [0, 0.05) is 6.54 Å². The Morgan fingerprint density at radius 1 is 1.50 bits per heavy atom. The maximum Gasteiger partial charge on any atom is 0.321 e. The molecule has 16 heavy (non-hydrogen) atoms.